The average molecular weight is 267 g/mol. The van der Waals surface area contributed by atoms with Gasteiger partial charge in [-0.15, -0.1) is 11.3 Å². The van der Waals surface area contributed by atoms with E-state index in [1.165, 1.54) is 29.8 Å². The molecule has 0 amide bonds. The molecule has 2 heterocycles. The zero-order valence-electron chi connectivity index (χ0n) is 11.7. The maximum Gasteiger partial charge on any atom is 0.0565 e. The van der Waals surface area contributed by atoms with Gasteiger partial charge in [0.1, 0.15) is 0 Å². The third-order valence-electron chi connectivity index (χ3n) is 4.13. The maximum absolute atomic E-state index is 5.99. The Morgan fingerprint density at radius 1 is 1.61 bits per heavy atom. The lowest BCUT2D eigenvalue weighted by Gasteiger charge is -2.31. The molecule has 0 radical (unpaired) electrons. The zero-order chi connectivity index (χ0) is 13.1. The van der Waals surface area contributed by atoms with Crippen LogP contribution in [0.25, 0.3) is 0 Å². The van der Waals surface area contributed by atoms with Gasteiger partial charge in [0, 0.05) is 24.0 Å². The van der Waals surface area contributed by atoms with E-state index in [4.69, 9.17) is 5.73 Å². The monoisotopic (exact) mass is 267 g/mol. The molecule has 102 valence electrons. The highest BCUT2D eigenvalue weighted by molar-refractivity contribution is 7.10. The van der Waals surface area contributed by atoms with Crippen LogP contribution in [0.4, 0.5) is 0 Å². The molecule has 1 aliphatic rings. The Bertz CT molecular complexity index is 377. The van der Waals surface area contributed by atoms with Crippen LogP contribution in [0.2, 0.25) is 0 Å². The second-order valence-corrected chi connectivity index (χ2v) is 6.38. The summed E-state index contributed by atoms with van der Waals surface area (Å²) in [7, 11) is 4.45. The van der Waals surface area contributed by atoms with Gasteiger partial charge in [-0.1, -0.05) is 0 Å². The molecule has 1 aliphatic heterocycles. The van der Waals surface area contributed by atoms with Gasteiger partial charge < -0.3 is 10.6 Å². The van der Waals surface area contributed by atoms with E-state index in [1.54, 1.807) is 0 Å². The molecule has 0 saturated carbocycles. The summed E-state index contributed by atoms with van der Waals surface area (Å²) in [5, 5.41) is 2.17. The second-order valence-electron chi connectivity index (χ2n) is 5.44. The highest BCUT2D eigenvalue weighted by atomic mass is 32.1. The highest BCUT2D eigenvalue weighted by Gasteiger charge is 2.26. The van der Waals surface area contributed by atoms with Gasteiger partial charge in [-0.2, -0.15) is 0 Å². The summed E-state index contributed by atoms with van der Waals surface area (Å²) in [4.78, 5) is 6.34. The van der Waals surface area contributed by atoms with Crippen LogP contribution in [0.5, 0.6) is 0 Å². The Hall–Kier alpha value is -0.420. The molecule has 0 aliphatic carbocycles. The topological polar surface area (TPSA) is 32.5 Å². The molecule has 2 atom stereocenters. The number of rotatable bonds is 5. The minimum Gasteiger partial charge on any atom is -0.329 e. The number of likely N-dealkylation sites (tertiary alicyclic amines) is 1. The van der Waals surface area contributed by atoms with Crippen molar-refractivity contribution >= 4 is 11.3 Å². The van der Waals surface area contributed by atoms with E-state index in [0.717, 1.165) is 6.54 Å². The van der Waals surface area contributed by atoms with Crippen molar-refractivity contribution in [2.75, 3.05) is 33.7 Å². The lowest BCUT2D eigenvalue weighted by molar-refractivity contribution is 0.181. The van der Waals surface area contributed by atoms with Crippen molar-refractivity contribution in [3.8, 4) is 0 Å². The lowest BCUT2D eigenvalue weighted by atomic mass is 10.1. The van der Waals surface area contributed by atoms with Crippen molar-refractivity contribution in [3.05, 3.63) is 21.9 Å². The van der Waals surface area contributed by atoms with Gasteiger partial charge in [-0.05, 0) is 57.4 Å². The molecule has 2 unspecified atom stereocenters. The summed E-state index contributed by atoms with van der Waals surface area (Å²) in [6.07, 6.45) is 2.65. The summed E-state index contributed by atoms with van der Waals surface area (Å²) < 4.78 is 0. The van der Waals surface area contributed by atoms with Gasteiger partial charge in [0.15, 0.2) is 0 Å². The molecule has 1 aromatic rings. The van der Waals surface area contributed by atoms with Crippen LogP contribution in [0.15, 0.2) is 11.4 Å². The predicted octanol–water partition coefficient (Wildman–Crippen LogP) is 2.08. The van der Waals surface area contributed by atoms with Crippen molar-refractivity contribution in [1.29, 1.82) is 0 Å². The first-order chi connectivity index (χ1) is 8.63. The molecule has 2 rings (SSSR count). The van der Waals surface area contributed by atoms with Gasteiger partial charge in [-0.3, -0.25) is 4.90 Å². The summed E-state index contributed by atoms with van der Waals surface area (Å²) in [5.74, 6) is 0. The number of hydrogen-bond donors (Lipinski definition) is 1. The Labute approximate surface area is 115 Å². The van der Waals surface area contributed by atoms with E-state index in [1.807, 2.05) is 11.3 Å². The molecular formula is C14H25N3S. The number of likely N-dealkylation sites (N-methyl/N-ethyl adjacent to an activating group) is 2. The Kier molecular flexibility index (Phi) is 4.78. The van der Waals surface area contributed by atoms with Crippen LogP contribution < -0.4 is 5.73 Å². The normalized spacial score (nSPS) is 22.8. The largest absolute Gasteiger partial charge is 0.329 e. The molecule has 18 heavy (non-hydrogen) atoms. The molecule has 1 fully saturated rings. The minimum atomic E-state index is 0.374. The first-order valence-corrected chi connectivity index (χ1v) is 7.66. The Morgan fingerprint density at radius 2 is 2.39 bits per heavy atom. The lowest BCUT2D eigenvalue weighted by Crippen LogP contribution is -2.40. The number of hydrogen-bond acceptors (Lipinski definition) is 4. The van der Waals surface area contributed by atoms with Crippen molar-refractivity contribution in [2.45, 2.75) is 31.8 Å². The number of thiophene rings is 1. The molecule has 0 spiro atoms. The first-order valence-electron chi connectivity index (χ1n) is 6.78. The fourth-order valence-corrected chi connectivity index (χ4v) is 3.99. The van der Waals surface area contributed by atoms with Gasteiger partial charge in [-0.25, -0.2) is 0 Å². The van der Waals surface area contributed by atoms with Crippen LogP contribution in [-0.4, -0.2) is 49.6 Å². The standard InChI is InChI=1S/C14H25N3S/c1-11-6-8-18-14(11)13(9-15)17(3)10-12-5-4-7-16(12)2/h6,8,12-13H,4-5,7,9-10,15H2,1-3H3. The predicted molar refractivity (Wildman–Crippen MR) is 79.1 cm³/mol. The zero-order valence-corrected chi connectivity index (χ0v) is 12.5. The van der Waals surface area contributed by atoms with Crippen LogP contribution in [0.1, 0.15) is 29.3 Å². The van der Waals surface area contributed by atoms with Crippen molar-refractivity contribution < 1.29 is 0 Å². The van der Waals surface area contributed by atoms with E-state index in [0.29, 0.717) is 18.6 Å². The minimum absolute atomic E-state index is 0.374. The third kappa shape index (κ3) is 2.94. The first kappa shape index (κ1) is 14.0. The summed E-state index contributed by atoms with van der Waals surface area (Å²) in [5.41, 5.74) is 7.37. The number of aryl methyl sites for hydroxylation is 1. The van der Waals surface area contributed by atoms with E-state index < -0.39 is 0 Å². The van der Waals surface area contributed by atoms with Crippen LogP contribution in [0.3, 0.4) is 0 Å². The average Bonchev–Trinajstić information content (AvgIpc) is 2.91. The van der Waals surface area contributed by atoms with Crippen LogP contribution in [0, 0.1) is 6.92 Å². The maximum atomic E-state index is 5.99. The molecule has 1 saturated heterocycles. The van der Waals surface area contributed by atoms with Gasteiger partial charge in [0.25, 0.3) is 0 Å². The molecule has 4 heteroatoms. The summed E-state index contributed by atoms with van der Waals surface area (Å²) in [6, 6.07) is 3.27. The van der Waals surface area contributed by atoms with Crippen molar-refractivity contribution in [1.82, 2.24) is 9.80 Å². The Balaban J connectivity index is 2.02. The SMILES string of the molecule is Cc1ccsc1C(CN)N(C)CC1CCCN1C. The van der Waals surface area contributed by atoms with Gasteiger partial charge >= 0.3 is 0 Å². The Morgan fingerprint density at radius 3 is 2.89 bits per heavy atom. The third-order valence-corrected chi connectivity index (χ3v) is 5.25. The molecule has 2 N–H and O–H groups in total. The molecule has 3 nitrogen and oxygen atoms in total. The van der Waals surface area contributed by atoms with E-state index in [2.05, 4.69) is 42.3 Å². The van der Waals surface area contributed by atoms with Gasteiger partial charge in [0.05, 0.1) is 6.04 Å². The van der Waals surface area contributed by atoms with Crippen LogP contribution >= 0.6 is 11.3 Å². The molecule has 1 aromatic heterocycles. The summed E-state index contributed by atoms with van der Waals surface area (Å²) >= 11 is 1.83. The van der Waals surface area contributed by atoms with Crippen molar-refractivity contribution in [3.63, 3.8) is 0 Å². The van der Waals surface area contributed by atoms with Gasteiger partial charge in [0.2, 0.25) is 0 Å². The molecular weight excluding hydrogens is 242 g/mol. The smallest absolute Gasteiger partial charge is 0.0565 e. The highest BCUT2D eigenvalue weighted by Crippen LogP contribution is 2.28. The second kappa shape index (κ2) is 6.15. The fraction of sp³-hybridized carbons (Fsp3) is 0.714. The number of nitrogens with zero attached hydrogens (tertiary/aromatic N) is 2. The molecule has 0 bridgehead atoms. The molecule has 0 aromatic carbocycles. The quantitative estimate of drug-likeness (QED) is 0.886. The van der Waals surface area contributed by atoms with E-state index >= 15 is 0 Å². The van der Waals surface area contributed by atoms with Crippen molar-refractivity contribution in [2.24, 2.45) is 5.73 Å². The summed E-state index contributed by atoms with van der Waals surface area (Å²) in [6.45, 7) is 5.25. The van der Waals surface area contributed by atoms with E-state index in [9.17, 15) is 0 Å². The van der Waals surface area contributed by atoms with Crippen LogP contribution in [-0.2, 0) is 0 Å². The van der Waals surface area contributed by atoms with E-state index in [-0.39, 0.29) is 0 Å². The number of nitrogens with two attached hydrogens (primary N) is 1. The fourth-order valence-electron chi connectivity index (χ4n) is 2.88.